The van der Waals surface area contributed by atoms with Crippen LogP contribution in [0.1, 0.15) is 18.2 Å². The molecule has 2 rings (SSSR count). The fraction of sp³-hybridized carbons (Fsp3) is 0.357. The van der Waals surface area contributed by atoms with Gasteiger partial charge in [-0.3, -0.25) is 0 Å². The smallest absolute Gasteiger partial charge is 0.0915 e. The van der Waals surface area contributed by atoms with Gasteiger partial charge in [-0.2, -0.15) is 0 Å². The van der Waals surface area contributed by atoms with Gasteiger partial charge in [0, 0.05) is 24.7 Å². The molecular weight excluding hydrogens is 248 g/mol. The van der Waals surface area contributed by atoms with E-state index in [-0.39, 0.29) is 0 Å². The van der Waals surface area contributed by atoms with E-state index in [2.05, 4.69) is 23.3 Å². The van der Waals surface area contributed by atoms with E-state index >= 15 is 0 Å². The Balaban J connectivity index is 2.68. The van der Waals surface area contributed by atoms with Crippen molar-refractivity contribution >= 4 is 28.2 Å². The number of hydrogen-bond acceptors (Lipinski definition) is 3. The Morgan fingerprint density at radius 1 is 1.39 bits per heavy atom. The minimum atomic E-state index is 0.485. The van der Waals surface area contributed by atoms with Crippen molar-refractivity contribution in [2.75, 3.05) is 19.0 Å². The molecule has 1 aromatic carbocycles. The first-order chi connectivity index (χ1) is 8.67. The highest BCUT2D eigenvalue weighted by atomic mass is 35.5. The molecule has 18 heavy (non-hydrogen) atoms. The molecule has 0 radical (unpaired) electrons. The van der Waals surface area contributed by atoms with Crippen molar-refractivity contribution in [2.24, 2.45) is 0 Å². The van der Waals surface area contributed by atoms with Crippen molar-refractivity contribution < 1.29 is 4.74 Å². The van der Waals surface area contributed by atoms with Gasteiger partial charge in [0.05, 0.1) is 22.8 Å². The van der Waals surface area contributed by atoms with E-state index in [0.717, 1.165) is 34.4 Å². The number of fused-ring (bicyclic) bond motifs is 1. The van der Waals surface area contributed by atoms with Crippen LogP contribution in [-0.4, -0.2) is 18.6 Å². The lowest BCUT2D eigenvalue weighted by Crippen LogP contribution is -2.02. The maximum absolute atomic E-state index is 6.34. The molecule has 0 atom stereocenters. The van der Waals surface area contributed by atoms with Gasteiger partial charge in [-0.05, 0) is 25.5 Å². The van der Waals surface area contributed by atoms with Crippen LogP contribution < -0.4 is 5.32 Å². The Hall–Kier alpha value is -1.32. The van der Waals surface area contributed by atoms with E-state index in [9.17, 15) is 0 Å². The van der Waals surface area contributed by atoms with Crippen molar-refractivity contribution in [3.05, 3.63) is 34.5 Å². The van der Waals surface area contributed by atoms with Crippen LogP contribution in [0.3, 0.4) is 0 Å². The predicted molar refractivity (Wildman–Crippen MR) is 76.4 cm³/mol. The van der Waals surface area contributed by atoms with E-state index in [0.29, 0.717) is 11.6 Å². The number of rotatable bonds is 4. The molecular formula is C14H17ClN2O. The molecule has 0 fully saturated rings. The van der Waals surface area contributed by atoms with Crippen molar-refractivity contribution in [1.29, 1.82) is 0 Å². The average molecular weight is 265 g/mol. The zero-order valence-corrected chi connectivity index (χ0v) is 11.6. The van der Waals surface area contributed by atoms with Crippen LogP contribution in [0.15, 0.2) is 18.2 Å². The minimum absolute atomic E-state index is 0.485. The summed E-state index contributed by atoms with van der Waals surface area (Å²) in [6.45, 7) is 5.40. The minimum Gasteiger partial charge on any atom is -0.385 e. The quantitative estimate of drug-likeness (QED) is 0.913. The second kappa shape index (κ2) is 5.55. The molecule has 4 heteroatoms. The lowest BCUT2D eigenvalue weighted by molar-refractivity contribution is 0.182. The fourth-order valence-electron chi connectivity index (χ4n) is 1.97. The first-order valence-corrected chi connectivity index (χ1v) is 6.36. The maximum atomic E-state index is 6.34. The number of nitrogens with one attached hydrogen (secondary N) is 1. The second-order valence-corrected chi connectivity index (χ2v) is 4.60. The number of anilines is 1. The molecule has 0 aliphatic rings. The monoisotopic (exact) mass is 264 g/mol. The summed E-state index contributed by atoms with van der Waals surface area (Å²) in [6.07, 6.45) is 0. The van der Waals surface area contributed by atoms with Crippen LogP contribution in [0, 0.1) is 6.92 Å². The number of aromatic nitrogens is 1. The van der Waals surface area contributed by atoms with E-state index in [4.69, 9.17) is 16.3 Å². The zero-order chi connectivity index (χ0) is 13.1. The Bertz CT molecular complexity index is 569. The highest BCUT2D eigenvalue weighted by Crippen LogP contribution is 2.31. The first kappa shape index (κ1) is 13.1. The van der Waals surface area contributed by atoms with Gasteiger partial charge in [0.2, 0.25) is 0 Å². The highest BCUT2D eigenvalue weighted by molar-refractivity contribution is 6.36. The first-order valence-electron chi connectivity index (χ1n) is 5.99. The summed E-state index contributed by atoms with van der Waals surface area (Å²) >= 11 is 6.34. The molecule has 1 aromatic heterocycles. The molecule has 0 bridgehead atoms. The Morgan fingerprint density at radius 3 is 2.83 bits per heavy atom. The molecule has 0 aliphatic heterocycles. The lowest BCUT2D eigenvalue weighted by atomic mass is 10.1. The van der Waals surface area contributed by atoms with Crippen molar-refractivity contribution in [2.45, 2.75) is 20.5 Å². The van der Waals surface area contributed by atoms with E-state index < -0.39 is 0 Å². The maximum Gasteiger partial charge on any atom is 0.0915 e. The van der Waals surface area contributed by atoms with Crippen LogP contribution in [0.25, 0.3) is 10.9 Å². The van der Waals surface area contributed by atoms with Crippen LogP contribution in [0.4, 0.5) is 5.69 Å². The third-order valence-electron chi connectivity index (χ3n) is 2.83. The molecule has 2 aromatic rings. The van der Waals surface area contributed by atoms with Gasteiger partial charge in [0.15, 0.2) is 0 Å². The van der Waals surface area contributed by atoms with E-state index in [1.165, 1.54) is 0 Å². The average Bonchev–Trinajstić information content (AvgIpc) is 2.35. The molecule has 0 unspecified atom stereocenters. The molecule has 0 spiro atoms. The lowest BCUT2D eigenvalue weighted by Gasteiger charge is -2.12. The molecule has 96 valence electrons. The third-order valence-corrected chi connectivity index (χ3v) is 3.30. The summed E-state index contributed by atoms with van der Waals surface area (Å²) in [6, 6.07) is 6.09. The topological polar surface area (TPSA) is 34.1 Å². The normalized spacial score (nSPS) is 10.9. The number of ether oxygens (including phenoxy) is 1. The summed E-state index contributed by atoms with van der Waals surface area (Å²) in [5, 5.41) is 5.10. The van der Waals surface area contributed by atoms with Crippen molar-refractivity contribution in [3.8, 4) is 0 Å². The third kappa shape index (κ3) is 2.42. The van der Waals surface area contributed by atoms with Crippen LogP contribution in [0.2, 0.25) is 5.02 Å². The van der Waals surface area contributed by atoms with E-state index in [1.807, 2.05) is 19.1 Å². The largest absolute Gasteiger partial charge is 0.385 e. The molecule has 0 amide bonds. The van der Waals surface area contributed by atoms with Gasteiger partial charge in [0.25, 0.3) is 0 Å². The van der Waals surface area contributed by atoms with Gasteiger partial charge in [-0.15, -0.1) is 0 Å². The number of halogens is 1. The van der Waals surface area contributed by atoms with Crippen LogP contribution >= 0.6 is 11.6 Å². The second-order valence-electron chi connectivity index (χ2n) is 4.22. The Labute approximate surface area is 112 Å². The van der Waals surface area contributed by atoms with Gasteiger partial charge >= 0.3 is 0 Å². The van der Waals surface area contributed by atoms with Crippen molar-refractivity contribution in [3.63, 3.8) is 0 Å². The summed E-state index contributed by atoms with van der Waals surface area (Å²) in [5.74, 6) is 0. The predicted octanol–water partition coefficient (Wildman–Crippen LogP) is 3.77. The summed E-state index contributed by atoms with van der Waals surface area (Å²) in [5.41, 5.74) is 3.81. The SMILES string of the molecule is CCNc1cc(COC)nc2c(Cl)c(C)ccc12. The Kier molecular flexibility index (Phi) is 4.04. The van der Waals surface area contributed by atoms with Gasteiger partial charge in [-0.25, -0.2) is 4.98 Å². The van der Waals surface area contributed by atoms with Crippen LogP contribution in [-0.2, 0) is 11.3 Å². The number of benzene rings is 1. The summed E-state index contributed by atoms with van der Waals surface area (Å²) in [7, 11) is 1.66. The standard InChI is InChI=1S/C14H17ClN2O/c1-4-16-12-7-10(8-18-3)17-14-11(12)6-5-9(2)13(14)15/h5-7H,4,8H2,1-3H3,(H,16,17). The number of hydrogen-bond donors (Lipinski definition) is 1. The number of aryl methyl sites for hydroxylation is 1. The molecule has 0 aliphatic carbocycles. The molecule has 3 nitrogen and oxygen atoms in total. The van der Waals surface area contributed by atoms with E-state index in [1.54, 1.807) is 7.11 Å². The Morgan fingerprint density at radius 2 is 2.17 bits per heavy atom. The number of pyridine rings is 1. The van der Waals surface area contributed by atoms with Gasteiger partial charge < -0.3 is 10.1 Å². The fourth-order valence-corrected chi connectivity index (χ4v) is 2.18. The molecule has 0 saturated heterocycles. The zero-order valence-electron chi connectivity index (χ0n) is 10.9. The summed E-state index contributed by atoms with van der Waals surface area (Å²) in [4.78, 5) is 4.57. The summed E-state index contributed by atoms with van der Waals surface area (Å²) < 4.78 is 5.15. The number of nitrogens with zero attached hydrogens (tertiary/aromatic N) is 1. The molecule has 1 heterocycles. The number of methoxy groups -OCH3 is 1. The van der Waals surface area contributed by atoms with Gasteiger partial charge in [-0.1, -0.05) is 23.7 Å². The van der Waals surface area contributed by atoms with Gasteiger partial charge in [0.1, 0.15) is 0 Å². The molecule has 0 saturated carbocycles. The highest BCUT2D eigenvalue weighted by Gasteiger charge is 2.10. The van der Waals surface area contributed by atoms with Crippen molar-refractivity contribution in [1.82, 2.24) is 4.98 Å². The molecule has 1 N–H and O–H groups in total. The van der Waals surface area contributed by atoms with Crippen LogP contribution in [0.5, 0.6) is 0 Å².